The first-order chi connectivity index (χ1) is 8.49. The zero-order valence-corrected chi connectivity index (χ0v) is 12.1. The summed E-state index contributed by atoms with van der Waals surface area (Å²) in [7, 11) is 5.98. The van der Waals surface area contributed by atoms with Gasteiger partial charge in [-0.3, -0.25) is 0 Å². The zero-order valence-electron chi connectivity index (χ0n) is 12.1. The third kappa shape index (κ3) is 3.53. The molecule has 2 nitrogen and oxygen atoms in total. The summed E-state index contributed by atoms with van der Waals surface area (Å²) in [5, 5.41) is 3.22. The lowest BCUT2D eigenvalue weighted by molar-refractivity contribution is 0.165. The highest BCUT2D eigenvalue weighted by Gasteiger charge is 2.29. The largest absolute Gasteiger partial charge is 0.319 e. The van der Waals surface area contributed by atoms with E-state index in [9.17, 15) is 4.39 Å². The molecule has 0 bridgehead atoms. The Morgan fingerprint density at radius 3 is 2.28 bits per heavy atom. The molecule has 18 heavy (non-hydrogen) atoms. The van der Waals surface area contributed by atoms with Crippen molar-refractivity contribution in [3.8, 4) is 0 Å². The van der Waals surface area contributed by atoms with Crippen molar-refractivity contribution in [1.82, 2.24) is 10.2 Å². The van der Waals surface area contributed by atoms with Crippen molar-refractivity contribution in [3.63, 3.8) is 0 Å². The SMILES string of the molecule is CNCC(C(C)C)C(c1ccccc1F)N(C)C. The van der Waals surface area contributed by atoms with Gasteiger partial charge in [0.1, 0.15) is 5.82 Å². The first kappa shape index (κ1) is 15.1. The molecule has 2 atom stereocenters. The van der Waals surface area contributed by atoms with Gasteiger partial charge in [-0.15, -0.1) is 0 Å². The lowest BCUT2D eigenvalue weighted by Gasteiger charge is -2.35. The summed E-state index contributed by atoms with van der Waals surface area (Å²) in [5.41, 5.74) is 0.788. The van der Waals surface area contributed by atoms with Crippen molar-refractivity contribution < 1.29 is 4.39 Å². The second-order valence-electron chi connectivity index (χ2n) is 5.40. The van der Waals surface area contributed by atoms with E-state index < -0.39 is 0 Å². The van der Waals surface area contributed by atoms with Crippen LogP contribution in [0.4, 0.5) is 4.39 Å². The van der Waals surface area contributed by atoms with Crippen molar-refractivity contribution in [2.24, 2.45) is 11.8 Å². The summed E-state index contributed by atoms with van der Waals surface area (Å²) in [5.74, 6) is 0.754. The van der Waals surface area contributed by atoms with E-state index in [0.717, 1.165) is 12.1 Å². The van der Waals surface area contributed by atoms with Crippen LogP contribution in [-0.2, 0) is 0 Å². The van der Waals surface area contributed by atoms with Gasteiger partial charge >= 0.3 is 0 Å². The number of nitrogens with zero attached hydrogens (tertiary/aromatic N) is 1. The molecule has 0 aromatic heterocycles. The molecule has 3 heteroatoms. The quantitative estimate of drug-likeness (QED) is 0.837. The number of halogens is 1. The molecule has 0 saturated carbocycles. The number of hydrogen-bond acceptors (Lipinski definition) is 2. The number of rotatable bonds is 6. The highest BCUT2D eigenvalue weighted by molar-refractivity contribution is 5.22. The highest BCUT2D eigenvalue weighted by atomic mass is 19.1. The third-order valence-corrected chi connectivity index (χ3v) is 3.48. The first-order valence-corrected chi connectivity index (χ1v) is 6.54. The summed E-state index contributed by atoms with van der Waals surface area (Å²) in [4.78, 5) is 2.11. The van der Waals surface area contributed by atoms with E-state index in [1.807, 2.05) is 33.3 Å². The molecule has 1 N–H and O–H groups in total. The van der Waals surface area contributed by atoms with Gasteiger partial charge in [0, 0.05) is 11.6 Å². The Bertz CT molecular complexity index is 363. The van der Waals surface area contributed by atoms with Crippen molar-refractivity contribution in [3.05, 3.63) is 35.6 Å². The van der Waals surface area contributed by atoms with Gasteiger partial charge in [0.2, 0.25) is 0 Å². The number of benzene rings is 1. The fourth-order valence-corrected chi connectivity index (χ4v) is 2.55. The first-order valence-electron chi connectivity index (χ1n) is 6.54. The van der Waals surface area contributed by atoms with Crippen LogP contribution in [0.3, 0.4) is 0 Å². The maximum atomic E-state index is 14.0. The van der Waals surface area contributed by atoms with Crippen LogP contribution >= 0.6 is 0 Å². The number of nitrogens with one attached hydrogen (secondary N) is 1. The van der Waals surface area contributed by atoms with Crippen molar-refractivity contribution in [2.75, 3.05) is 27.7 Å². The average Bonchev–Trinajstić information content (AvgIpc) is 2.30. The van der Waals surface area contributed by atoms with Gasteiger partial charge in [-0.05, 0) is 45.6 Å². The molecular weight excluding hydrogens is 227 g/mol. The molecule has 0 spiro atoms. The minimum absolute atomic E-state index is 0.0960. The predicted octanol–water partition coefficient (Wildman–Crippen LogP) is 2.92. The molecule has 102 valence electrons. The molecule has 0 aliphatic heterocycles. The van der Waals surface area contributed by atoms with E-state index in [0.29, 0.717) is 11.8 Å². The van der Waals surface area contributed by atoms with E-state index in [4.69, 9.17) is 0 Å². The standard InChI is InChI=1S/C15H25FN2/c1-11(2)13(10-17-3)15(18(4)5)12-8-6-7-9-14(12)16/h6-9,11,13,15,17H,10H2,1-5H3. The molecule has 0 heterocycles. The third-order valence-electron chi connectivity index (χ3n) is 3.48. The number of hydrogen-bond donors (Lipinski definition) is 1. The van der Waals surface area contributed by atoms with Crippen LogP contribution in [0.1, 0.15) is 25.5 Å². The second kappa shape index (κ2) is 6.86. The monoisotopic (exact) mass is 252 g/mol. The zero-order chi connectivity index (χ0) is 13.7. The smallest absolute Gasteiger partial charge is 0.127 e. The van der Waals surface area contributed by atoms with E-state index in [1.54, 1.807) is 12.1 Å². The second-order valence-corrected chi connectivity index (χ2v) is 5.40. The van der Waals surface area contributed by atoms with Crippen LogP contribution in [0.25, 0.3) is 0 Å². The van der Waals surface area contributed by atoms with Gasteiger partial charge < -0.3 is 10.2 Å². The Morgan fingerprint density at radius 2 is 1.83 bits per heavy atom. The van der Waals surface area contributed by atoms with Gasteiger partial charge in [0.05, 0.1) is 0 Å². The highest BCUT2D eigenvalue weighted by Crippen LogP contribution is 2.32. The Kier molecular flexibility index (Phi) is 5.76. The summed E-state index contributed by atoms with van der Waals surface area (Å²) in [6.07, 6.45) is 0. The Labute approximate surface area is 110 Å². The Balaban J connectivity index is 3.12. The minimum Gasteiger partial charge on any atom is -0.319 e. The van der Waals surface area contributed by atoms with Crippen LogP contribution in [0.2, 0.25) is 0 Å². The molecule has 1 rings (SSSR count). The topological polar surface area (TPSA) is 15.3 Å². The van der Waals surface area contributed by atoms with E-state index in [2.05, 4.69) is 24.1 Å². The van der Waals surface area contributed by atoms with Crippen molar-refractivity contribution in [1.29, 1.82) is 0 Å². The van der Waals surface area contributed by atoms with E-state index in [-0.39, 0.29) is 11.9 Å². The summed E-state index contributed by atoms with van der Waals surface area (Å²) in [6.45, 7) is 5.27. The molecule has 0 saturated heterocycles. The minimum atomic E-state index is -0.113. The molecule has 1 aromatic carbocycles. The molecule has 2 unspecified atom stereocenters. The van der Waals surface area contributed by atoms with E-state index in [1.165, 1.54) is 0 Å². The van der Waals surface area contributed by atoms with Gasteiger partial charge in [-0.2, -0.15) is 0 Å². The van der Waals surface area contributed by atoms with Crippen LogP contribution in [0.15, 0.2) is 24.3 Å². The van der Waals surface area contributed by atoms with Crippen LogP contribution in [0.5, 0.6) is 0 Å². The maximum Gasteiger partial charge on any atom is 0.127 e. The average molecular weight is 252 g/mol. The van der Waals surface area contributed by atoms with Gasteiger partial charge in [-0.25, -0.2) is 4.39 Å². The van der Waals surface area contributed by atoms with Gasteiger partial charge in [0.25, 0.3) is 0 Å². The van der Waals surface area contributed by atoms with Crippen molar-refractivity contribution in [2.45, 2.75) is 19.9 Å². The fraction of sp³-hybridized carbons (Fsp3) is 0.600. The summed E-state index contributed by atoms with van der Waals surface area (Å²) >= 11 is 0. The molecule has 0 aliphatic carbocycles. The van der Waals surface area contributed by atoms with Crippen LogP contribution in [-0.4, -0.2) is 32.6 Å². The normalized spacial score (nSPS) is 15.1. The van der Waals surface area contributed by atoms with Gasteiger partial charge in [-0.1, -0.05) is 32.0 Å². The van der Waals surface area contributed by atoms with Crippen LogP contribution in [0, 0.1) is 17.7 Å². The molecule has 0 amide bonds. The molecule has 0 radical (unpaired) electrons. The molecule has 1 aromatic rings. The summed E-state index contributed by atoms with van der Waals surface area (Å²) in [6, 6.07) is 7.19. The Morgan fingerprint density at radius 1 is 1.22 bits per heavy atom. The van der Waals surface area contributed by atoms with Gasteiger partial charge in [0.15, 0.2) is 0 Å². The molecular formula is C15H25FN2. The van der Waals surface area contributed by atoms with Crippen LogP contribution < -0.4 is 5.32 Å². The van der Waals surface area contributed by atoms with E-state index >= 15 is 0 Å². The molecule has 0 aliphatic rings. The lowest BCUT2D eigenvalue weighted by Crippen LogP contribution is -2.36. The summed E-state index contributed by atoms with van der Waals surface area (Å²) < 4.78 is 14.0. The predicted molar refractivity (Wildman–Crippen MR) is 75.1 cm³/mol. The lowest BCUT2D eigenvalue weighted by atomic mass is 9.83. The Hall–Kier alpha value is -0.930. The molecule has 0 fully saturated rings. The van der Waals surface area contributed by atoms with Crippen molar-refractivity contribution >= 4 is 0 Å². The maximum absolute atomic E-state index is 14.0. The fourth-order valence-electron chi connectivity index (χ4n) is 2.55.